The molecule has 0 fully saturated rings. The van der Waals surface area contributed by atoms with E-state index in [9.17, 15) is 9.90 Å². The fourth-order valence-corrected chi connectivity index (χ4v) is 2.33. The van der Waals surface area contributed by atoms with Crippen LogP contribution in [0.3, 0.4) is 0 Å². The van der Waals surface area contributed by atoms with E-state index in [4.69, 9.17) is 9.47 Å². The number of ether oxygens (including phenoxy) is 3. The third-order valence-electron chi connectivity index (χ3n) is 3.57. The van der Waals surface area contributed by atoms with Crippen LogP contribution >= 0.6 is 0 Å². The predicted molar refractivity (Wildman–Crippen MR) is 83.0 cm³/mol. The Bertz CT molecular complexity index is 432. The Morgan fingerprint density at radius 2 is 1.82 bits per heavy atom. The van der Waals surface area contributed by atoms with E-state index in [1.165, 1.54) is 7.11 Å². The zero-order chi connectivity index (χ0) is 16.5. The number of hydrogen-bond donors (Lipinski definition) is 1. The molecule has 0 aliphatic heterocycles. The third-order valence-corrected chi connectivity index (χ3v) is 3.57. The molecule has 1 aromatic rings. The lowest BCUT2D eigenvalue weighted by atomic mass is 9.90. The summed E-state index contributed by atoms with van der Waals surface area (Å²) in [7, 11) is 1.26. The number of carbonyl (C=O) groups is 1. The van der Waals surface area contributed by atoms with Gasteiger partial charge in [-0.1, -0.05) is 51.1 Å². The summed E-state index contributed by atoms with van der Waals surface area (Å²) in [5, 5.41) is 9.94. The van der Waals surface area contributed by atoms with Gasteiger partial charge in [0, 0.05) is 5.92 Å². The number of carbonyl (C=O) groups excluding carboxylic acids is 1. The average molecular weight is 310 g/mol. The van der Waals surface area contributed by atoms with Crippen LogP contribution in [-0.4, -0.2) is 37.2 Å². The van der Waals surface area contributed by atoms with Gasteiger partial charge in [-0.3, -0.25) is 0 Å². The molecule has 5 nitrogen and oxygen atoms in total. The zero-order valence-corrected chi connectivity index (χ0v) is 13.7. The van der Waals surface area contributed by atoms with Crippen LogP contribution in [0, 0.1) is 11.8 Å². The molecule has 124 valence electrons. The highest BCUT2D eigenvalue weighted by Crippen LogP contribution is 2.21. The lowest BCUT2D eigenvalue weighted by Gasteiger charge is -2.29. The molecule has 1 aromatic carbocycles. The molecule has 0 amide bonds. The summed E-state index contributed by atoms with van der Waals surface area (Å²) in [5.74, 6) is -0.894. The number of aliphatic hydroxyl groups is 1. The van der Waals surface area contributed by atoms with E-state index in [-0.39, 0.29) is 24.7 Å². The highest BCUT2D eigenvalue weighted by atomic mass is 16.7. The van der Waals surface area contributed by atoms with Crippen molar-refractivity contribution in [3.05, 3.63) is 35.9 Å². The predicted octanol–water partition coefficient (Wildman–Crippen LogP) is 2.37. The summed E-state index contributed by atoms with van der Waals surface area (Å²) in [5.41, 5.74) is 1.06. The first-order chi connectivity index (χ1) is 10.5. The molecule has 0 unspecified atom stereocenters. The highest BCUT2D eigenvalue weighted by molar-refractivity contribution is 5.74. The molecule has 3 atom stereocenters. The fraction of sp³-hybridized carbons (Fsp3) is 0.588. The van der Waals surface area contributed by atoms with Crippen LogP contribution in [0.2, 0.25) is 0 Å². The van der Waals surface area contributed by atoms with Crippen LogP contribution in [0.1, 0.15) is 26.3 Å². The van der Waals surface area contributed by atoms with Crippen LogP contribution in [0.25, 0.3) is 0 Å². The van der Waals surface area contributed by atoms with Crippen molar-refractivity contribution in [1.82, 2.24) is 0 Å². The first-order valence-electron chi connectivity index (χ1n) is 7.46. The second-order valence-corrected chi connectivity index (χ2v) is 5.65. The molecule has 0 bridgehead atoms. The monoisotopic (exact) mass is 310 g/mol. The van der Waals surface area contributed by atoms with E-state index >= 15 is 0 Å². The van der Waals surface area contributed by atoms with Crippen LogP contribution in [0.5, 0.6) is 0 Å². The molecule has 0 heterocycles. The van der Waals surface area contributed by atoms with Crippen molar-refractivity contribution in [2.75, 3.05) is 13.9 Å². The van der Waals surface area contributed by atoms with Gasteiger partial charge in [0.2, 0.25) is 0 Å². The number of hydrogen-bond acceptors (Lipinski definition) is 5. The van der Waals surface area contributed by atoms with Gasteiger partial charge in [0.05, 0.1) is 19.8 Å². The molecule has 0 spiro atoms. The van der Waals surface area contributed by atoms with E-state index in [2.05, 4.69) is 4.74 Å². The van der Waals surface area contributed by atoms with Gasteiger partial charge in [0.15, 0.2) is 6.10 Å². The molecule has 1 rings (SSSR count). The largest absolute Gasteiger partial charge is 0.467 e. The van der Waals surface area contributed by atoms with Gasteiger partial charge in [-0.05, 0) is 11.5 Å². The minimum atomic E-state index is -1.20. The van der Waals surface area contributed by atoms with Gasteiger partial charge in [0.25, 0.3) is 0 Å². The first-order valence-corrected chi connectivity index (χ1v) is 7.46. The molecular formula is C17H26O5. The second-order valence-electron chi connectivity index (χ2n) is 5.65. The van der Waals surface area contributed by atoms with Gasteiger partial charge in [0.1, 0.15) is 6.79 Å². The Kier molecular flexibility index (Phi) is 8.09. The van der Waals surface area contributed by atoms with E-state index in [1.54, 1.807) is 6.92 Å². The van der Waals surface area contributed by atoms with Crippen molar-refractivity contribution in [2.45, 2.75) is 39.6 Å². The Balaban J connectivity index is 2.45. The van der Waals surface area contributed by atoms with Crippen molar-refractivity contribution in [1.29, 1.82) is 0 Å². The van der Waals surface area contributed by atoms with E-state index in [1.807, 2.05) is 44.2 Å². The summed E-state index contributed by atoms with van der Waals surface area (Å²) in [4.78, 5) is 11.4. The minimum absolute atomic E-state index is 0.107. The maximum atomic E-state index is 11.4. The summed E-state index contributed by atoms with van der Waals surface area (Å²) in [6.07, 6.45) is -1.50. The molecule has 0 aliphatic rings. The number of esters is 1. The van der Waals surface area contributed by atoms with Crippen molar-refractivity contribution in [2.24, 2.45) is 11.8 Å². The van der Waals surface area contributed by atoms with Crippen molar-refractivity contribution in [3.63, 3.8) is 0 Å². The smallest absolute Gasteiger partial charge is 0.335 e. The van der Waals surface area contributed by atoms with E-state index < -0.39 is 12.1 Å². The normalized spacial score (nSPS) is 15.4. The van der Waals surface area contributed by atoms with E-state index in [0.29, 0.717) is 6.61 Å². The Labute approximate surface area is 132 Å². The molecule has 22 heavy (non-hydrogen) atoms. The molecule has 0 saturated carbocycles. The first kappa shape index (κ1) is 18.6. The molecular weight excluding hydrogens is 284 g/mol. The van der Waals surface area contributed by atoms with Crippen molar-refractivity contribution < 1.29 is 24.1 Å². The summed E-state index contributed by atoms with van der Waals surface area (Å²) in [6, 6.07) is 9.80. The maximum absolute atomic E-state index is 11.4. The van der Waals surface area contributed by atoms with Crippen LogP contribution in [0.15, 0.2) is 30.3 Å². The van der Waals surface area contributed by atoms with Gasteiger partial charge in [-0.25, -0.2) is 4.79 Å². The second kappa shape index (κ2) is 9.56. The average Bonchev–Trinajstić information content (AvgIpc) is 2.53. The lowest BCUT2D eigenvalue weighted by molar-refractivity contribution is -0.166. The SMILES string of the molecule is COC(=O)[C@@H](O)[C@H](C)[C@H](OCOCc1ccccc1)C(C)C. The molecule has 5 heteroatoms. The zero-order valence-electron chi connectivity index (χ0n) is 13.7. The Morgan fingerprint density at radius 3 is 2.36 bits per heavy atom. The summed E-state index contributed by atoms with van der Waals surface area (Å²) < 4.78 is 15.8. The molecule has 0 radical (unpaired) electrons. The van der Waals surface area contributed by atoms with E-state index in [0.717, 1.165) is 5.56 Å². The number of methoxy groups -OCH3 is 1. The topological polar surface area (TPSA) is 65.0 Å². The Hall–Kier alpha value is -1.43. The number of aliphatic hydroxyl groups excluding tert-OH is 1. The lowest BCUT2D eigenvalue weighted by Crippen LogP contribution is -2.40. The van der Waals surface area contributed by atoms with Gasteiger partial charge >= 0.3 is 5.97 Å². The minimum Gasteiger partial charge on any atom is -0.467 e. The van der Waals surface area contributed by atoms with Crippen LogP contribution in [-0.2, 0) is 25.6 Å². The van der Waals surface area contributed by atoms with Gasteiger partial charge in [-0.15, -0.1) is 0 Å². The number of rotatable bonds is 9. The van der Waals surface area contributed by atoms with Crippen LogP contribution in [0.4, 0.5) is 0 Å². The Morgan fingerprint density at radius 1 is 1.18 bits per heavy atom. The molecule has 1 N–H and O–H groups in total. The van der Waals surface area contributed by atoms with Crippen LogP contribution < -0.4 is 0 Å². The molecule has 0 aromatic heterocycles. The van der Waals surface area contributed by atoms with Gasteiger partial charge < -0.3 is 19.3 Å². The molecule has 0 saturated heterocycles. The highest BCUT2D eigenvalue weighted by Gasteiger charge is 2.32. The number of benzene rings is 1. The third kappa shape index (κ3) is 5.75. The quantitative estimate of drug-likeness (QED) is 0.431. The maximum Gasteiger partial charge on any atom is 0.335 e. The fourth-order valence-electron chi connectivity index (χ4n) is 2.33. The van der Waals surface area contributed by atoms with Gasteiger partial charge in [-0.2, -0.15) is 0 Å². The molecule has 0 aliphatic carbocycles. The van der Waals surface area contributed by atoms with Crippen molar-refractivity contribution >= 4 is 5.97 Å². The standard InChI is InChI=1S/C17H26O5/c1-12(2)16(13(3)15(18)17(19)20-4)22-11-21-10-14-8-6-5-7-9-14/h5-9,12-13,15-16,18H,10-11H2,1-4H3/t13-,15-,16+/m0/s1. The van der Waals surface area contributed by atoms with Crippen molar-refractivity contribution in [3.8, 4) is 0 Å². The summed E-state index contributed by atoms with van der Waals surface area (Å²) in [6.45, 7) is 6.28. The summed E-state index contributed by atoms with van der Waals surface area (Å²) >= 11 is 0.